The highest BCUT2D eigenvalue weighted by atomic mass is 31.2. The van der Waals surface area contributed by atoms with Crippen molar-refractivity contribution >= 4 is 8.60 Å². The van der Waals surface area contributed by atoms with Gasteiger partial charge >= 0.3 is 8.60 Å². The maximum absolute atomic E-state index is 6.03. The summed E-state index contributed by atoms with van der Waals surface area (Å²) >= 11 is 0. The molecule has 0 spiro atoms. The Morgan fingerprint density at radius 3 is 1.81 bits per heavy atom. The first-order valence-corrected chi connectivity index (χ1v) is 11.0. The number of unbranched alkanes of at least 4 members (excludes halogenated alkanes) is 2. The third-order valence-corrected chi connectivity index (χ3v) is 6.25. The quantitative estimate of drug-likeness (QED) is 0.371. The average Bonchev–Trinajstić information content (AvgIpc) is 2.64. The zero-order chi connectivity index (χ0) is 19.3. The highest BCUT2D eigenvalue weighted by Gasteiger charge is 2.25. The Hall–Kier alpha value is -1.57. The lowest BCUT2D eigenvalue weighted by molar-refractivity contribution is 0.257. The molecule has 0 saturated heterocycles. The van der Waals surface area contributed by atoms with Crippen molar-refractivity contribution in [3.63, 3.8) is 0 Å². The molecule has 4 aliphatic rings. The van der Waals surface area contributed by atoms with Crippen LogP contribution in [0.2, 0.25) is 0 Å². The van der Waals surface area contributed by atoms with Crippen molar-refractivity contribution in [2.24, 2.45) is 5.92 Å². The zero-order valence-electron chi connectivity index (χ0n) is 16.9. The summed E-state index contributed by atoms with van der Waals surface area (Å²) in [7, 11) is -1.46. The minimum absolute atomic E-state index is 0.0620. The molecule has 2 aromatic rings. The van der Waals surface area contributed by atoms with Crippen LogP contribution in [0.15, 0.2) is 48.5 Å². The fourth-order valence-corrected chi connectivity index (χ4v) is 4.25. The van der Waals surface area contributed by atoms with Crippen LogP contribution in [0.4, 0.5) is 0 Å². The maximum atomic E-state index is 6.03. The molecular formula is C23H31O3P. The van der Waals surface area contributed by atoms with Crippen LogP contribution in [0.5, 0.6) is 11.5 Å². The predicted molar refractivity (Wildman–Crippen MR) is 112 cm³/mol. The minimum atomic E-state index is -1.46. The van der Waals surface area contributed by atoms with Gasteiger partial charge in [-0.3, -0.25) is 4.52 Å². The fraction of sp³-hybridized carbons (Fsp3) is 0.478. The first-order valence-electron chi connectivity index (χ1n) is 9.95. The van der Waals surface area contributed by atoms with Crippen LogP contribution < -0.4 is 9.05 Å². The molecule has 0 aromatic heterocycles. The lowest BCUT2D eigenvalue weighted by atomic mass is 9.78. The average molecular weight is 386 g/mol. The summed E-state index contributed by atoms with van der Waals surface area (Å²) in [6.07, 6.45) is 4.74. The van der Waals surface area contributed by atoms with Gasteiger partial charge in [0.15, 0.2) is 0 Å². The van der Waals surface area contributed by atoms with Crippen LogP contribution in [-0.4, -0.2) is 6.61 Å². The number of hydrogen-bond donors (Lipinski definition) is 0. The van der Waals surface area contributed by atoms with Crippen molar-refractivity contribution in [3.05, 3.63) is 59.7 Å². The molecule has 4 bridgehead atoms. The molecule has 4 heteroatoms. The Balaban J connectivity index is 1.67. The summed E-state index contributed by atoms with van der Waals surface area (Å²) < 4.78 is 18.0. The van der Waals surface area contributed by atoms with Crippen LogP contribution in [0.1, 0.15) is 64.5 Å². The topological polar surface area (TPSA) is 27.7 Å². The second-order valence-corrected chi connectivity index (χ2v) is 9.23. The van der Waals surface area contributed by atoms with Crippen LogP contribution in [0.25, 0.3) is 0 Å². The largest absolute Gasteiger partial charge is 0.463 e. The molecule has 6 rings (SSSR count). The Kier molecular flexibility index (Phi) is 6.78. The molecule has 0 saturated carbocycles. The van der Waals surface area contributed by atoms with Gasteiger partial charge in [-0.1, -0.05) is 71.2 Å². The van der Waals surface area contributed by atoms with E-state index in [4.69, 9.17) is 13.6 Å². The van der Waals surface area contributed by atoms with E-state index in [1.807, 2.05) is 24.3 Å². The van der Waals surface area contributed by atoms with E-state index in [-0.39, 0.29) is 5.41 Å². The smallest absolute Gasteiger partial charge is 0.418 e. The second-order valence-electron chi connectivity index (χ2n) is 8.16. The number of hydrogen-bond acceptors (Lipinski definition) is 3. The van der Waals surface area contributed by atoms with Gasteiger partial charge < -0.3 is 9.05 Å². The Bertz CT molecular complexity index is 656. The SMILES string of the molecule is CC(C)CCCCCOP1Oc2ccc(cc2)C(C)(C)c2ccc(cc2)O1. The van der Waals surface area contributed by atoms with Gasteiger partial charge in [0, 0.05) is 5.41 Å². The van der Waals surface area contributed by atoms with E-state index in [0.29, 0.717) is 6.61 Å². The van der Waals surface area contributed by atoms with Gasteiger partial charge in [0.25, 0.3) is 0 Å². The number of benzene rings is 2. The fourth-order valence-electron chi connectivity index (χ4n) is 3.25. The standard InChI is InChI=1S/C23H31O3P/c1-18(2)8-6-5-7-17-24-27-25-21-13-9-19(10-14-21)23(3,4)20-11-15-22(26-27)16-12-20/h9-16,18H,5-8,17H2,1-4H3. The second kappa shape index (κ2) is 9.08. The molecule has 0 amide bonds. The van der Waals surface area contributed by atoms with Crippen molar-refractivity contribution in [1.82, 2.24) is 0 Å². The van der Waals surface area contributed by atoms with Crippen LogP contribution >= 0.6 is 8.60 Å². The molecule has 0 aliphatic carbocycles. The lowest BCUT2D eigenvalue weighted by Crippen LogP contribution is -2.19. The lowest BCUT2D eigenvalue weighted by Gasteiger charge is -2.27. The zero-order valence-corrected chi connectivity index (χ0v) is 17.8. The third-order valence-electron chi connectivity index (χ3n) is 5.13. The summed E-state index contributed by atoms with van der Waals surface area (Å²) in [6.45, 7) is 9.67. The molecule has 0 unspecified atom stereocenters. The van der Waals surface area contributed by atoms with Gasteiger partial charge in [-0.05, 0) is 47.7 Å². The van der Waals surface area contributed by atoms with Gasteiger partial charge in [0.05, 0.1) is 6.61 Å². The molecular weight excluding hydrogens is 355 g/mol. The molecule has 4 aliphatic heterocycles. The van der Waals surface area contributed by atoms with Crippen LogP contribution in [0.3, 0.4) is 0 Å². The molecule has 27 heavy (non-hydrogen) atoms. The van der Waals surface area contributed by atoms with E-state index in [1.54, 1.807) is 0 Å². The van der Waals surface area contributed by atoms with E-state index in [0.717, 1.165) is 23.8 Å². The summed E-state index contributed by atoms with van der Waals surface area (Å²) in [5.41, 5.74) is 2.46. The van der Waals surface area contributed by atoms with E-state index >= 15 is 0 Å². The van der Waals surface area contributed by atoms with Gasteiger partial charge in [0.2, 0.25) is 0 Å². The normalized spacial score (nSPS) is 15.9. The van der Waals surface area contributed by atoms with Crippen molar-refractivity contribution in [2.45, 2.75) is 58.8 Å². The van der Waals surface area contributed by atoms with Crippen molar-refractivity contribution < 1.29 is 13.6 Å². The first kappa shape index (κ1) is 20.2. The minimum Gasteiger partial charge on any atom is -0.418 e. The summed E-state index contributed by atoms with van der Waals surface area (Å²) in [4.78, 5) is 0. The van der Waals surface area contributed by atoms with E-state index in [9.17, 15) is 0 Å². The molecule has 2 aromatic carbocycles. The molecule has 4 heterocycles. The van der Waals surface area contributed by atoms with E-state index < -0.39 is 8.60 Å². The first-order chi connectivity index (χ1) is 12.9. The predicted octanol–water partition coefficient (Wildman–Crippen LogP) is 7.24. The van der Waals surface area contributed by atoms with E-state index in [2.05, 4.69) is 52.0 Å². The van der Waals surface area contributed by atoms with Crippen LogP contribution in [0, 0.1) is 5.92 Å². The Morgan fingerprint density at radius 1 is 0.815 bits per heavy atom. The molecule has 0 atom stereocenters. The summed E-state index contributed by atoms with van der Waals surface area (Å²) in [5, 5.41) is 0. The van der Waals surface area contributed by atoms with Crippen molar-refractivity contribution in [2.75, 3.05) is 6.61 Å². The summed E-state index contributed by atoms with van der Waals surface area (Å²) in [5.74, 6) is 2.34. The molecule has 3 nitrogen and oxygen atoms in total. The van der Waals surface area contributed by atoms with Gasteiger partial charge in [0.1, 0.15) is 11.5 Å². The van der Waals surface area contributed by atoms with Gasteiger partial charge in [-0.25, -0.2) is 0 Å². The molecule has 0 fully saturated rings. The Labute approximate surface area is 165 Å². The number of rotatable bonds is 7. The molecule has 0 radical (unpaired) electrons. The Morgan fingerprint density at radius 2 is 1.33 bits per heavy atom. The summed E-state index contributed by atoms with van der Waals surface area (Å²) in [6, 6.07) is 16.6. The molecule has 0 N–H and O–H groups in total. The van der Waals surface area contributed by atoms with Crippen molar-refractivity contribution in [3.8, 4) is 11.5 Å². The highest BCUT2D eigenvalue weighted by molar-refractivity contribution is 7.42. The van der Waals surface area contributed by atoms with Crippen molar-refractivity contribution in [1.29, 1.82) is 0 Å². The third kappa shape index (κ3) is 5.46. The van der Waals surface area contributed by atoms with E-state index in [1.165, 1.54) is 30.4 Å². The maximum Gasteiger partial charge on any atom is 0.463 e. The van der Waals surface area contributed by atoms with Gasteiger partial charge in [-0.15, -0.1) is 0 Å². The highest BCUT2D eigenvalue weighted by Crippen LogP contribution is 2.44. The van der Waals surface area contributed by atoms with Gasteiger partial charge in [-0.2, -0.15) is 0 Å². The monoisotopic (exact) mass is 386 g/mol. The van der Waals surface area contributed by atoms with Crippen LogP contribution in [-0.2, 0) is 9.94 Å². The molecule has 146 valence electrons.